The summed E-state index contributed by atoms with van der Waals surface area (Å²) < 4.78 is 0. The molecular formula is C16H13NS. The second-order valence-corrected chi connectivity index (χ2v) is 5.02. The quantitative estimate of drug-likeness (QED) is 0.494. The van der Waals surface area contributed by atoms with Crippen LogP contribution in [-0.2, 0) is 0 Å². The van der Waals surface area contributed by atoms with Gasteiger partial charge in [-0.2, -0.15) is 0 Å². The molecule has 0 aliphatic heterocycles. The maximum atomic E-state index is 5.13. The van der Waals surface area contributed by atoms with E-state index < -0.39 is 0 Å². The Kier molecular flexibility index (Phi) is 2.73. The molecule has 0 fully saturated rings. The second-order valence-electron chi connectivity index (χ2n) is 4.41. The molecule has 3 aromatic rings. The lowest BCUT2D eigenvalue weighted by Crippen LogP contribution is -2.03. The van der Waals surface area contributed by atoms with E-state index in [1.54, 1.807) is 0 Å². The molecule has 0 atom stereocenters. The lowest BCUT2D eigenvalue weighted by atomic mass is 10.0. The minimum atomic E-state index is 0.788. The van der Waals surface area contributed by atoms with Gasteiger partial charge in [-0.25, -0.2) is 0 Å². The van der Waals surface area contributed by atoms with Crippen LogP contribution in [0.2, 0.25) is 0 Å². The SMILES string of the molecule is CC(=S)Nc1cccc2cc3ccccc3cc12. The number of anilines is 1. The zero-order valence-corrected chi connectivity index (χ0v) is 10.9. The third-order valence-corrected chi connectivity index (χ3v) is 3.16. The van der Waals surface area contributed by atoms with Crippen molar-refractivity contribution in [3.63, 3.8) is 0 Å². The van der Waals surface area contributed by atoms with Crippen LogP contribution in [0.5, 0.6) is 0 Å². The topological polar surface area (TPSA) is 12.0 Å². The fourth-order valence-electron chi connectivity index (χ4n) is 2.27. The number of rotatable bonds is 1. The van der Waals surface area contributed by atoms with Gasteiger partial charge in [0.25, 0.3) is 0 Å². The normalized spacial score (nSPS) is 10.7. The minimum absolute atomic E-state index is 0.788. The molecule has 0 aromatic heterocycles. The smallest absolute Gasteiger partial charge is 0.0765 e. The Morgan fingerprint density at radius 3 is 2.28 bits per heavy atom. The van der Waals surface area contributed by atoms with Gasteiger partial charge in [0, 0.05) is 11.1 Å². The number of benzene rings is 3. The van der Waals surface area contributed by atoms with Gasteiger partial charge in [-0.3, -0.25) is 0 Å². The molecule has 0 bridgehead atoms. The first kappa shape index (κ1) is 11.2. The predicted molar refractivity (Wildman–Crippen MR) is 83.3 cm³/mol. The monoisotopic (exact) mass is 251 g/mol. The maximum Gasteiger partial charge on any atom is 0.0765 e. The van der Waals surface area contributed by atoms with Crippen LogP contribution in [0.25, 0.3) is 21.5 Å². The van der Waals surface area contributed by atoms with Crippen molar-refractivity contribution in [2.75, 3.05) is 5.32 Å². The van der Waals surface area contributed by atoms with Crippen LogP contribution in [0, 0.1) is 0 Å². The summed E-state index contributed by atoms with van der Waals surface area (Å²) in [5.74, 6) is 0. The van der Waals surface area contributed by atoms with Crippen molar-refractivity contribution in [3.8, 4) is 0 Å². The van der Waals surface area contributed by atoms with Crippen molar-refractivity contribution < 1.29 is 0 Å². The largest absolute Gasteiger partial charge is 0.350 e. The summed E-state index contributed by atoms with van der Waals surface area (Å²) in [6, 6.07) is 19.1. The molecule has 0 saturated carbocycles. The third kappa shape index (κ3) is 1.95. The van der Waals surface area contributed by atoms with Gasteiger partial charge < -0.3 is 5.32 Å². The number of nitrogens with one attached hydrogen (secondary N) is 1. The van der Waals surface area contributed by atoms with E-state index in [4.69, 9.17) is 12.2 Å². The first-order valence-corrected chi connectivity index (χ1v) is 6.34. The van der Waals surface area contributed by atoms with Gasteiger partial charge in [-0.1, -0.05) is 48.6 Å². The van der Waals surface area contributed by atoms with E-state index in [9.17, 15) is 0 Å². The first-order chi connectivity index (χ1) is 8.74. The summed E-state index contributed by atoms with van der Waals surface area (Å²) in [5.41, 5.74) is 1.07. The average molecular weight is 251 g/mol. The molecule has 1 nitrogen and oxygen atoms in total. The van der Waals surface area contributed by atoms with Crippen molar-refractivity contribution in [1.82, 2.24) is 0 Å². The molecule has 0 radical (unpaired) electrons. The van der Waals surface area contributed by atoms with E-state index in [0.717, 1.165) is 10.7 Å². The van der Waals surface area contributed by atoms with E-state index >= 15 is 0 Å². The molecule has 18 heavy (non-hydrogen) atoms. The molecule has 0 aliphatic rings. The van der Waals surface area contributed by atoms with Gasteiger partial charge in [0.1, 0.15) is 0 Å². The number of thiocarbonyl (C=S) groups is 1. The van der Waals surface area contributed by atoms with Crippen LogP contribution in [-0.4, -0.2) is 4.99 Å². The lowest BCUT2D eigenvalue weighted by molar-refractivity contribution is 1.69. The summed E-state index contributed by atoms with van der Waals surface area (Å²) in [4.78, 5) is 0.788. The molecule has 0 heterocycles. The van der Waals surface area contributed by atoms with Crippen molar-refractivity contribution in [1.29, 1.82) is 0 Å². The van der Waals surface area contributed by atoms with Crippen molar-refractivity contribution in [2.24, 2.45) is 0 Å². The molecule has 0 unspecified atom stereocenters. The summed E-state index contributed by atoms with van der Waals surface area (Å²) in [7, 11) is 0. The molecule has 3 rings (SSSR count). The van der Waals surface area contributed by atoms with Crippen LogP contribution in [0.3, 0.4) is 0 Å². The Labute approximate surface area is 111 Å². The van der Waals surface area contributed by atoms with Crippen LogP contribution in [0.1, 0.15) is 6.92 Å². The zero-order chi connectivity index (χ0) is 12.5. The van der Waals surface area contributed by atoms with E-state index in [2.05, 4.69) is 59.9 Å². The Morgan fingerprint density at radius 2 is 1.56 bits per heavy atom. The van der Waals surface area contributed by atoms with Crippen molar-refractivity contribution in [3.05, 3.63) is 54.6 Å². The second kappa shape index (κ2) is 4.39. The molecule has 0 spiro atoms. The predicted octanol–water partition coefficient (Wildman–Crippen LogP) is 4.75. The number of hydrogen-bond donors (Lipinski definition) is 1. The van der Waals surface area contributed by atoms with Gasteiger partial charge >= 0.3 is 0 Å². The Bertz CT molecular complexity index is 746. The number of hydrogen-bond acceptors (Lipinski definition) is 1. The Balaban J connectivity index is 2.32. The molecule has 88 valence electrons. The lowest BCUT2D eigenvalue weighted by Gasteiger charge is -2.09. The maximum absolute atomic E-state index is 5.13. The highest BCUT2D eigenvalue weighted by molar-refractivity contribution is 7.80. The highest BCUT2D eigenvalue weighted by Crippen LogP contribution is 2.28. The number of fused-ring (bicyclic) bond motifs is 2. The van der Waals surface area contributed by atoms with Gasteiger partial charge in [-0.05, 0) is 41.3 Å². The van der Waals surface area contributed by atoms with Gasteiger partial charge in [-0.15, -0.1) is 0 Å². The Hall–Kier alpha value is -1.93. The highest BCUT2D eigenvalue weighted by Gasteiger charge is 2.02. The van der Waals surface area contributed by atoms with E-state index in [1.165, 1.54) is 21.5 Å². The minimum Gasteiger partial charge on any atom is -0.350 e. The van der Waals surface area contributed by atoms with Crippen LogP contribution >= 0.6 is 12.2 Å². The molecule has 2 heteroatoms. The summed E-state index contributed by atoms with van der Waals surface area (Å²) in [6.45, 7) is 1.90. The van der Waals surface area contributed by atoms with Gasteiger partial charge in [0.2, 0.25) is 0 Å². The molecule has 3 aromatic carbocycles. The molecule has 0 saturated heterocycles. The fourth-order valence-corrected chi connectivity index (χ4v) is 2.38. The third-order valence-electron chi connectivity index (χ3n) is 3.06. The van der Waals surface area contributed by atoms with E-state index in [0.29, 0.717) is 0 Å². The van der Waals surface area contributed by atoms with Crippen LogP contribution in [0.4, 0.5) is 5.69 Å². The van der Waals surface area contributed by atoms with Crippen LogP contribution < -0.4 is 5.32 Å². The fraction of sp³-hybridized carbons (Fsp3) is 0.0625. The molecule has 0 amide bonds. The van der Waals surface area contributed by atoms with Crippen molar-refractivity contribution >= 4 is 44.4 Å². The van der Waals surface area contributed by atoms with Crippen molar-refractivity contribution in [2.45, 2.75) is 6.92 Å². The Morgan fingerprint density at radius 1 is 0.889 bits per heavy atom. The van der Waals surface area contributed by atoms with E-state index in [1.807, 2.05) is 6.92 Å². The first-order valence-electron chi connectivity index (χ1n) is 5.93. The molecular weight excluding hydrogens is 238 g/mol. The summed E-state index contributed by atoms with van der Waals surface area (Å²) >= 11 is 5.13. The highest BCUT2D eigenvalue weighted by atomic mass is 32.1. The average Bonchev–Trinajstić information content (AvgIpc) is 2.36. The van der Waals surface area contributed by atoms with Crippen LogP contribution in [0.15, 0.2) is 54.6 Å². The summed E-state index contributed by atoms with van der Waals surface area (Å²) in [5, 5.41) is 8.20. The van der Waals surface area contributed by atoms with Gasteiger partial charge in [0.15, 0.2) is 0 Å². The van der Waals surface area contributed by atoms with Gasteiger partial charge in [0.05, 0.1) is 4.99 Å². The van der Waals surface area contributed by atoms with E-state index in [-0.39, 0.29) is 0 Å². The summed E-state index contributed by atoms with van der Waals surface area (Å²) in [6.07, 6.45) is 0. The molecule has 0 aliphatic carbocycles. The zero-order valence-electron chi connectivity index (χ0n) is 10.1. The molecule has 1 N–H and O–H groups in total. The standard InChI is InChI=1S/C16H13NS/c1-11(18)17-16-8-4-7-14-9-12-5-2-3-6-13(12)10-15(14)16/h2-10H,1H3,(H,17,18).